The number of carbonyl (C=O) groups is 1. The molecule has 2 spiro atoms. The number of carbonyl (C=O) groups excluding carboxylic acids is 1. The summed E-state index contributed by atoms with van der Waals surface area (Å²) in [5, 5.41) is 3.44. The van der Waals surface area contributed by atoms with Gasteiger partial charge in [0, 0.05) is 19.0 Å². The summed E-state index contributed by atoms with van der Waals surface area (Å²) in [7, 11) is 0. The lowest BCUT2D eigenvalue weighted by atomic mass is 9.69. The molecule has 0 radical (unpaired) electrons. The fourth-order valence-electron chi connectivity index (χ4n) is 5.50. The van der Waals surface area contributed by atoms with Crippen LogP contribution >= 0.6 is 0 Å². The minimum absolute atomic E-state index is 0.373. The van der Waals surface area contributed by atoms with E-state index in [0.29, 0.717) is 22.7 Å². The van der Waals surface area contributed by atoms with Gasteiger partial charge in [-0.25, -0.2) is 0 Å². The Morgan fingerprint density at radius 1 is 0.952 bits per heavy atom. The van der Waals surface area contributed by atoms with Crippen molar-refractivity contribution in [3.8, 4) is 0 Å². The summed E-state index contributed by atoms with van der Waals surface area (Å²) in [4.78, 5) is 15.2. The lowest BCUT2D eigenvalue weighted by Gasteiger charge is -2.45. The quantitative estimate of drug-likeness (QED) is 0.805. The number of amides is 1. The molecule has 3 heteroatoms. The molecule has 1 unspecified atom stereocenters. The fourth-order valence-corrected chi connectivity index (χ4v) is 5.50. The molecule has 118 valence electrons. The molecule has 3 nitrogen and oxygen atoms in total. The van der Waals surface area contributed by atoms with Crippen molar-refractivity contribution in [1.29, 1.82) is 0 Å². The molecule has 1 atom stereocenters. The molecule has 4 fully saturated rings. The summed E-state index contributed by atoms with van der Waals surface area (Å²) in [6, 6.07) is 0. The molecule has 1 N–H and O–H groups in total. The Labute approximate surface area is 128 Å². The van der Waals surface area contributed by atoms with Gasteiger partial charge in [0.1, 0.15) is 0 Å². The Bertz CT molecular complexity index is 402. The van der Waals surface area contributed by atoms with Gasteiger partial charge in [0.2, 0.25) is 5.91 Å². The standard InChI is InChI=1S/C18H30N2O/c21-16(15-13-18(15)8-10-19-11-9-18)20-12-4-7-17(14-20)5-2-1-3-6-17/h15,19H,1-14H2. The second kappa shape index (κ2) is 5.26. The lowest BCUT2D eigenvalue weighted by molar-refractivity contribution is -0.137. The topological polar surface area (TPSA) is 32.3 Å². The minimum Gasteiger partial charge on any atom is -0.342 e. The van der Waals surface area contributed by atoms with Crippen molar-refractivity contribution < 1.29 is 4.79 Å². The van der Waals surface area contributed by atoms with E-state index in [1.807, 2.05) is 0 Å². The van der Waals surface area contributed by atoms with E-state index in [-0.39, 0.29) is 0 Å². The van der Waals surface area contributed by atoms with E-state index in [4.69, 9.17) is 0 Å². The Morgan fingerprint density at radius 2 is 1.67 bits per heavy atom. The first-order valence-electron chi connectivity index (χ1n) is 9.23. The Hall–Kier alpha value is -0.570. The van der Waals surface area contributed by atoms with Crippen molar-refractivity contribution >= 4 is 5.91 Å². The largest absolute Gasteiger partial charge is 0.342 e. The molecule has 2 saturated carbocycles. The molecule has 4 rings (SSSR count). The first-order valence-corrected chi connectivity index (χ1v) is 9.23. The molecule has 0 aromatic rings. The monoisotopic (exact) mass is 290 g/mol. The third-order valence-corrected chi connectivity index (χ3v) is 6.97. The average Bonchev–Trinajstić information content (AvgIpc) is 3.21. The molecule has 0 aromatic carbocycles. The zero-order chi connectivity index (χ0) is 14.3. The highest BCUT2D eigenvalue weighted by Crippen LogP contribution is 2.59. The van der Waals surface area contributed by atoms with Crippen molar-refractivity contribution in [2.24, 2.45) is 16.7 Å². The van der Waals surface area contributed by atoms with Gasteiger partial charge < -0.3 is 10.2 Å². The predicted molar refractivity (Wildman–Crippen MR) is 84.0 cm³/mol. The third kappa shape index (κ3) is 2.52. The molecular formula is C18H30N2O. The summed E-state index contributed by atoms with van der Waals surface area (Å²) in [6.07, 6.45) is 13.2. The number of rotatable bonds is 1. The number of nitrogens with zero attached hydrogens (tertiary/aromatic N) is 1. The van der Waals surface area contributed by atoms with Crippen LogP contribution in [0.2, 0.25) is 0 Å². The molecule has 1 amide bonds. The summed E-state index contributed by atoms with van der Waals surface area (Å²) in [5.41, 5.74) is 0.905. The second-order valence-electron chi connectivity index (χ2n) is 8.29. The SMILES string of the molecule is O=C(C1CC12CCNCC2)N1CCCC2(CCCCC2)C1. The van der Waals surface area contributed by atoms with E-state index in [1.54, 1.807) is 0 Å². The molecule has 0 bridgehead atoms. The van der Waals surface area contributed by atoms with Crippen molar-refractivity contribution in [2.45, 2.75) is 64.2 Å². The first kappa shape index (κ1) is 14.0. The summed E-state index contributed by atoms with van der Waals surface area (Å²) < 4.78 is 0. The molecule has 2 aliphatic carbocycles. The Morgan fingerprint density at radius 3 is 2.43 bits per heavy atom. The van der Waals surface area contributed by atoms with E-state index in [0.717, 1.165) is 26.2 Å². The molecular weight excluding hydrogens is 260 g/mol. The van der Waals surface area contributed by atoms with Crippen LogP contribution in [0.15, 0.2) is 0 Å². The van der Waals surface area contributed by atoms with Crippen LogP contribution in [-0.2, 0) is 4.79 Å². The van der Waals surface area contributed by atoms with E-state index < -0.39 is 0 Å². The molecule has 2 saturated heterocycles. The van der Waals surface area contributed by atoms with Crippen LogP contribution < -0.4 is 5.32 Å². The maximum absolute atomic E-state index is 13.0. The smallest absolute Gasteiger partial charge is 0.226 e. The van der Waals surface area contributed by atoms with Gasteiger partial charge in [0.25, 0.3) is 0 Å². The van der Waals surface area contributed by atoms with Crippen LogP contribution in [0.4, 0.5) is 0 Å². The second-order valence-corrected chi connectivity index (χ2v) is 8.29. The highest BCUT2D eigenvalue weighted by Gasteiger charge is 2.59. The Balaban J connectivity index is 1.40. The highest BCUT2D eigenvalue weighted by atomic mass is 16.2. The molecule has 0 aromatic heterocycles. The summed E-state index contributed by atoms with van der Waals surface area (Å²) in [5.74, 6) is 0.889. The zero-order valence-corrected chi connectivity index (χ0v) is 13.3. The van der Waals surface area contributed by atoms with Gasteiger partial charge in [-0.05, 0) is 68.9 Å². The molecule has 4 aliphatic rings. The van der Waals surface area contributed by atoms with Crippen LogP contribution in [0.3, 0.4) is 0 Å². The van der Waals surface area contributed by atoms with E-state index in [2.05, 4.69) is 10.2 Å². The highest BCUT2D eigenvalue weighted by molar-refractivity contribution is 5.83. The first-order chi connectivity index (χ1) is 10.2. The van der Waals surface area contributed by atoms with Crippen molar-refractivity contribution in [2.75, 3.05) is 26.2 Å². The number of likely N-dealkylation sites (tertiary alicyclic amines) is 1. The van der Waals surface area contributed by atoms with Gasteiger partial charge >= 0.3 is 0 Å². The average molecular weight is 290 g/mol. The van der Waals surface area contributed by atoms with Gasteiger partial charge in [0.15, 0.2) is 0 Å². The molecule has 2 heterocycles. The van der Waals surface area contributed by atoms with Crippen molar-refractivity contribution in [1.82, 2.24) is 10.2 Å². The number of hydrogen-bond donors (Lipinski definition) is 1. The van der Waals surface area contributed by atoms with E-state index >= 15 is 0 Å². The van der Waals surface area contributed by atoms with Crippen LogP contribution in [-0.4, -0.2) is 37.0 Å². The van der Waals surface area contributed by atoms with Gasteiger partial charge in [-0.15, -0.1) is 0 Å². The maximum Gasteiger partial charge on any atom is 0.226 e. The van der Waals surface area contributed by atoms with Crippen LogP contribution in [0.1, 0.15) is 64.2 Å². The fraction of sp³-hybridized carbons (Fsp3) is 0.944. The normalized spacial score (nSPS) is 34.1. The van der Waals surface area contributed by atoms with Crippen molar-refractivity contribution in [3.63, 3.8) is 0 Å². The van der Waals surface area contributed by atoms with Gasteiger partial charge in [0.05, 0.1) is 0 Å². The summed E-state index contributed by atoms with van der Waals surface area (Å²) in [6.45, 7) is 4.35. The number of piperidine rings is 2. The van der Waals surface area contributed by atoms with Crippen LogP contribution in [0.5, 0.6) is 0 Å². The Kier molecular flexibility index (Phi) is 3.52. The minimum atomic E-state index is 0.373. The zero-order valence-electron chi connectivity index (χ0n) is 13.3. The summed E-state index contributed by atoms with van der Waals surface area (Å²) >= 11 is 0. The van der Waals surface area contributed by atoms with E-state index in [9.17, 15) is 4.79 Å². The van der Waals surface area contributed by atoms with Gasteiger partial charge in [-0.3, -0.25) is 4.79 Å². The predicted octanol–water partition coefficient (Wildman–Crippen LogP) is 2.95. The molecule has 2 aliphatic heterocycles. The van der Waals surface area contributed by atoms with Gasteiger partial charge in [-0.2, -0.15) is 0 Å². The maximum atomic E-state index is 13.0. The van der Waals surface area contributed by atoms with Crippen molar-refractivity contribution in [3.05, 3.63) is 0 Å². The van der Waals surface area contributed by atoms with E-state index in [1.165, 1.54) is 64.2 Å². The number of hydrogen-bond acceptors (Lipinski definition) is 2. The third-order valence-electron chi connectivity index (χ3n) is 6.97. The number of nitrogens with one attached hydrogen (secondary N) is 1. The van der Waals surface area contributed by atoms with Crippen LogP contribution in [0.25, 0.3) is 0 Å². The van der Waals surface area contributed by atoms with Gasteiger partial charge in [-0.1, -0.05) is 19.3 Å². The molecule has 21 heavy (non-hydrogen) atoms. The van der Waals surface area contributed by atoms with Crippen LogP contribution in [0, 0.1) is 16.7 Å². The lowest BCUT2D eigenvalue weighted by Crippen LogP contribution is -2.48.